The van der Waals surface area contributed by atoms with Gasteiger partial charge in [0, 0.05) is 44.7 Å². The number of pyridine rings is 1. The molecule has 0 bridgehead atoms. The molecular formula is C17H20F6N4O. The predicted molar refractivity (Wildman–Crippen MR) is 88.5 cm³/mol. The van der Waals surface area contributed by atoms with Gasteiger partial charge in [-0.15, -0.1) is 0 Å². The number of nitrogens with one attached hydrogen (secondary N) is 1. The van der Waals surface area contributed by atoms with Crippen molar-refractivity contribution in [2.24, 2.45) is 0 Å². The molecule has 2 atom stereocenters. The summed E-state index contributed by atoms with van der Waals surface area (Å²) in [6.45, 7) is 1.77. The summed E-state index contributed by atoms with van der Waals surface area (Å²) in [5.74, 6) is -0.397. The van der Waals surface area contributed by atoms with Crippen molar-refractivity contribution >= 4 is 11.7 Å². The second-order valence-electron chi connectivity index (χ2n) is 7.09. The highest BCUT2D eigenvalue weighted by molar-refractivity contribution is 5.76. The number of fused-ring (bicyclic) bond motifs is 1. The average Bonchev–Trinajstić information content (AvgIpc) is 2.99. The number of nitrogens with zero attached hydrogens (tertiary/aromatic N) is 3. The van der Waals surface area contributed by atoms with E-state index in [1.807, 2.05) is 0 Å². The number of carbonyl (C=O) groups excluding carboxylic acids is 1. The summed E-state index contributed by atoms with van der Waals surface area (Å²) in [6.07, 6.45) is -10.0. The largest absolute Gasteiger partial charge is 0.433 e. The van der Waals surface area contributed by atoms with Crippen LogP contribution >= 0.6 is 0 Å². The van der Waals surface area contributed by atoms with Gasteiger partial charge in [0.25, 0.3) is 0 Å². The Morgan fingerprint density at radius 3 is 2.57 bits per heavy atom. The topological polar surface area (TPSA) is 48.5 Å². The van der Waals surface area contributed by atoms with E-state index in [0.717, 1.165) is 6.07 Å². The van der Waals surface area contributed by atoms with Gasteiger partial charge in [0.05, 0.1) is 6.42 Å². The second kappa shape index (κ2) is 7.76. The van der Waals surface area contributed by atoms with Gasteiger partial charge >= 0.3 is 12.4 Å². The summed E-state index contributed by atoms with van der Waals surface area (Å²) in [5.41, 5.74) is -0.977. The van der Waals surface area contributed by atoms with Gasteiger partial charge in [0.1, 0.15) is 11.5 Å². The summed E-state index contributed by atoms with van der Waals surface area (Å²) in [7, 11) is 0. The van der Waals surface area contributed by atoms with Crippen molar-refractivity contribution in [3.05, 3.63) is 23.9 Å². The van der Waals surface area contributed by atoms with Gasteiger partial charge < -0.3 is 10.2 Å². The molecule has 28 heavy (non-hydrogen) atoms. The number of piperazine rings is 1. The fourth-order valence-corrected chi connectivity index (χ4v) is 3.66. The molecule has 0 aliphatic carbocycles. The van der Waals surface area contributed by atoms with E-state index in [-0.39, 0.29) is 17.9 Å². The molecule has 5 nitrogen and oxygen atoms in total. The fourth-order valence-electron chi connectivity index (χ4n) is 3.66. The highest BCUT2D eigenvalue weighted by atomic mass is 19.4. The summed E-state index contributed by atoms with van der Waals surface area (Å²) in [5, 5.41) is 2.99. The minimum Gasteiger partial charge on any atom is -0.366 e. The van der Waals surface area contributed by atoms with Crippen LogP contribution in [0.5, 0.6) is 0 Å². The first-order chi connectivity index (χ1) is 13.0. The molecule has 0 aromatic carbocycles. The zero-order valence-electron chi connectivity index (χ0n) is 14.9. The van der Waals surface area contributed by atoms with Crippen molar-refractivity contribution in [1.82, 2.24) is 14.8 Å². The Morgan fingerprint density at radius 2 is 1.89 bits per heavy atom. The summed E-state index contributed by atoms with van der Waals surface area (Å²) < 4.78 is 75.2. The lowest BCUT2D eigenvalue weighted by atomic mass is 10.1. The first-order valence-electron chi connectivity index (χ1n) is 8.90. The van der Waals surface area contributed by atoms with E-state index in [1.54, 1.807) is 0 Å². The third-order valence-electron chi connectivity index (χ3n) is 4.98. The molecule has 1 aromatic heterocycles. The van der Waals surface area contributed by atoms with Crippen molar-refractivity contribution < 1.29 is 31.1 Å². The van der Waals surface area contributed by atoms with Crippen LogP contribution in [0.2, 0.25) is 0 Å². The molecule has 2 fully saturated rings. The monoisotopic (exact) mass is 410 g/mol. The maximum absolute atomic E-state index is 12.8. The highest BCUT2D eigenvalue weighted by Gasteiger charge is 2.38. The van der Waals surface area contributed by atoms with Crippen molar-refractivity contribution in [1.29, 1.82) is 0 Å². The van der Waals surface area contributed by atoms with E-state index in [9.17, 15) is 31.1 Å². The van der Waals surface area contributed by atoms with Crippen LogP contribution in [0.1, 0.15) is 25.0 Å². The molecule has 1 N–H and O–H groups in total. The maximum Gasteiger partial charge on any atom is 0.433 e. The van der Waals surface area contributed by atoms with E-state index in [1.165, 1.54) is 17.0 Å². The lowest BCUT2D eigenvalue weighted by molar-refractivity contribution is -0.150. The first-order valence-corrected chi connectivity index (χ1v) is 8.90. The molecule has 0 spiro atoms. The predicted octanol–water partition coefficient (Wildman–Crippen LogP) is 3.14. The zero-order valence-corrected chi connectivity index (χ0v) is 14.9. The Kier molecular flexibility index (Phi) is 5.74. The highest BCUT2D eigenvalue weighted by Crippen LogP contribution is 2.30. The molecule has 0 unspecified atom stereocenters. The Balaban J connectivity index is 1.54. The first kappa shape index (κ1) is 20.7. The number of hydrogen-bond acceptors (Lipinski definition) is 4. The Morgan fingerprint density at radius 1 is 1.14 bits per heavy atom. The SMILES string of the molecule is O=C(CCC(F)(F)F)N1CCN2C[C@@H](Nc3cccc(C(F)(F)F)n3)C[C@H]2C1. The van der Waals surface area contributed by atoms with Crippen molar-refractivity contribution in [3.63, 3.8) is 0 Å². The van der Waals surface area contributed by atoms with Crippen LogP contribution in [-0.2, 0) is 11.0 Å². The van der Waals surface area contributed by atoms with E-state index in [0.29, 0.717) is 32.6 Å². The lowest BCUT2D eigenvalue weighted by Crippen LogP contribution is -2.52. The molecule has 0 radical (unpaired) electrons. The van der Waals surface area contributed by atoms with Gasteiger partial charge in [-0.3, -0.25) is 9.69 Å². The van der Waals surface area contributed by atoms with Crippen LogP contribution < -0.4 is 5.32 Å². The van der Waals surface area contributed by atoms with Crippen molar-refractivity contribution in [3.8, 4) is 0 Å². The molecule has 3 heterocycles. The van der Waals surface area contributed by atoms with E-state index >= 15 is 0 Å². The molecule has 0 saturated carbocycles. The Labute approximate surface area is 157 Å². The van der Waals surface area contributed by atoms with Crippen LogP contribution in [0.4, 0.5) is 32.2 Å². The number of alkyl halides is 6. The second-order valence-corrected chi connectivity index (χ2v) is 7.09. The lowest BCUT2D eigenvalue weighted by Gasteiger charge is -2.37. The third kappa shape index (κ3) is 5.27. The number of hydrogen-bond donors (Lipinski definition) is 1. The third-order valence-corrected chi connectivity index (χ3v) is 4.98. The maximum atomic E-state index is 12.8. The molecule has 2 aliphatic rings. The Bertz CT molecular complexity index is 708. The van der Waals surface area contributed by atoms with Gasteiger partial charge in [-0.1, -0.05) is 6.07 Å². The quantitative estimate of drug-likeness (QED) is 0.775. The van der Waals surface area contributed by atoms with Gasteiger partial charge in [0.2, 0.25) is 5.91 Å². The molecule has 2 aliphatic heterocycles. The minimum atomic E-state index is -4.53. The summed E-state index contributed by atoms with van der Waals surface area (Å²) >= 11 is 0. The minimum absolute atomic E-state index is 0.0353. The van der Waals surface area contributed by atoms with Gasteiger partial charge in [-0.2, -0.15) is 26.3 Å². The molecule has 156 valence electrons. The van der Waals surface area contributed by atoms with Crippen LogP contribution in [0.15, 0.2) is 18.2 Å². The zero-order chi connectivity index (χ0) is 20.5. The van der Waals surface area contributed by atoms with Crippen LogP contribution in [0.25, 0.3) is 0 Å². The number of amides is 1. The molecule has 11 heteroatoms. The van der Waals surface area contributed by atoms with Crippen molar-refractivity contribution in [2.75, 3.05) is 31.5 Å². The van der Waals surface area contributed by atoms with Gasteiger partial charge in [0.15, 0.2) is 0 Å². The summed E-state index contributed by atoms with van der Waals surface area (Å²) in [6, 6.07) is 3.45. The molecule has 2 saturated heterocycles. The van der Waals surface area contributed by atoms with E-state index < -0.39 is 36.8 Å². The number of rotatable bonds is 4. The number of carbonyl (C=O) groups is 1. The Hall–Kier alpha value is -2.04. The average molecular weight is 410 g/mol. The number of aromatic nitrogens is 1. The normalized spacial score (nSPS) is 23.6. The van der Waals surface area contributed by atoms with Crippen LogP contribution in [-0.4, -0.2) is 65.1 Å². The van der Waals surface area contributed by atoms with Gasteiger partial charge in [-0.05, 0) is 18.6 Å². The van der Waals surface area contributed by atoms with Crippen LogP contribution in [0, 0.1) is 0 Å². The van der Waals surface area contributed by atoms with Crippen LogP contribution in [0.3, 0.4) is 0 Å². The molecule has 1 aromatic rings. The van der Waals surface area contributed by atoms with E-state index in [2.05, 4.69) is 15.2 Å². The standard InChI is InChI=1S/C17H20F6N4O/c18-16(19,20)5-4-15(28)27-7-6-26-9-11(8-12(26)10-27)24-14-3-1-2-13(25-14)17(21,22)23/h1-3,11-12H,4-10H2,(H,24,25)/t11-,12-/m0/s1. The molecule has 3 rings (SSSR count). The number of anilines is 1. The fraction of sp³-hybridized carbons (Fsp3) is 0.647. The summed E-state index contributed by atoms with van der Waals surface area (Å²) in [4.78, 5) is 19.1. The number of halogens is 6. The molecular weight excluding hydrogens is 390 g/mol. The molecule has 1 amide bonds. The van der Waals surface area contributed by atoms with Gasteiger partial charge in [-0.25, -0.2) is 4.98 Å². The smallest absolute Gasteiger partial charge is 0.366 e. The van der Waals surface area contributed by atoms with E-state index in [4.69, 9.17) is 0 Å². The van der Waals surface area contributed by atoms with Crippen molar-refractivity contribution in [2.45, 2.75) is 43.7 Å².